The Morgan fingerprint density at radius 2 is 1.54 bits per heavy atom. The Balaban J connectivity index is 1.99. The molecule has 1 aromatic heterocycles. The second-order valence-electron chi connectivity index (χ2n) is 6.56. The van der Waals surface area contributed by atoms with Crippen LogP contribution in [0.3, 0.4) is 0 Å². The number of furan rings is 1. The second kappa shape index (κ2) is 5.47. The molecule has 0 aliphatic heterocycles. The highest BCUT2D eigenvalue weighted by molar-refractivity contribution is 9.10. The smallest absolute Gasteiger partial charge is 0.135 e. The van der Waals surface area contributed by atoms with Gasteiger partial charge in [-0.3, -0.25) is 0 Å². The highest BCUT2D eigenvalue weighted by Crippen LogP contribution is 2.36. The van der Waals surface area contributed by atoms with Crippen LogP contribution >= 0.6 is 15.9 Å². The van der Waals surface area contributed by atoms with E-state index in [0.29, 0.717) is 0 Å². The highest BCUT2D eigenvalue weighted by Gasteiger charge is 2.20. The van der Waals surface area contributed by atoms with Crippen molar-refractivity contribution < 1.29 is 9.52 Å². The van der Waals surface area contributed by atoms with Gasteiger partial charge in [0.05, 0.1) is 5.60 Å². The highest BCUT2D eigenvalue weighted by atomic mass is 79.9. The molecule has 0 aliphatic carbocycles. The molecular formula is C21H17BrO2. The first-order valence-corrected chi connectivity index (χ1v) is 8.67. The topological polar surface area (TPSA) is 33.4 Å². The minimum atomic E-state index is -0.896. The van der Waals surface area contributed by atoms with Gasteiger partial charge in [0, 0.05) is 15.2 Å². The summed E-state index contributed by atoms with van der Waals surface area (Å²) in [6.07, 6.45) is 0. The average molecular weight is 381 g/mol. The Morgan fingerprint density at radius 1 is 0.875 bits per heavy atom. The largest absolute Gasteiger partial charge is 0.456 e. The molecule has 3 heteroatoms. The molecule has 4 rings (SSSR count). The van der Waals surface area contributed by atoms with E-state index in [1.54, 1.807) is 0 Å². The van der Waals surface area contributed by atoms with Gasteiger partial charge in [-0.1, -0.05) is 46.3 Å². The Labute approximate surface area is 148 Å². The molecule has 0 unspecified atom stereocenters. The van der Waals surface area contributed by atoms with E-state index in [1.807, 2.05) is 62.4 Å². The van der Waals surface area contributed by atoms with Gasteiger partial charge in [0.25, 0.3) is 0 Å². The number of hydrogen-bond acceptors (Lipinski definition) is 2. The van der Waals surface area contributed by atoms with E-state index in [9.17, 15) is 5.11 Å². The number of benzene rings is 3. The van der Waals surface area contributed by atoms with E-state index in [2.05, 4.69) is 28.1 Å². The molecule has 0 aliphatic rings. The van der Waals surface area contributed by atoms with Crippen molar-refractivity contribution in [3.8, 4) is 11.1 Å². The third-order valence-electron chi connectivity index (χ3n) is 4.33. The molecule has 1 N–H and O–H groups in total. The first kappa shape index (κ1) is 15.4. The number of hydrogen-bond donors (Lipinski definition) is 1. The molecule has 0 saturated heterocycles. The molecule has 120 valence electrons. The van der Waals surface area contributed by atoms with Crippen molar-refractivity contribution in [3.05, 3.63) is 70.7 Å². The summed E-state index contributed by atoms with van der Waals surface area (Å²) < 4.78 is 6.95. The van der Waals surface area contributed by atoms with Crippen LogP contribution < -0.4 is 0 Å². The molecule has 0 fully saturated rings. The molecule has 24 heavy (non-hydrogen) atoms. The predicted molar refractivity (Wildman–Crippen MR) is 102 cm³/mol. The number of rotatable bonds is 2. The van der Waals surface area contributed by atoms with Gasteiger partial charge in [-0.05, 0) is 60.9 Å². The SMILES string of the molecule is CC(C)(O)c1ccccc1-c1ccc2oc3ccc(Br)cc3c2c1. The summed E-state index contributed by atoms with van der Waals surface area (Å²) in [5.41, 5.74) is 3.87. The van der Waals surface area contributed by atoms with Crippen LogP contribution in [0.4, 0.5) is 0 Å². The third kappa shape index (κ3) is 2.54. The van der Waals surface area contributed by atoms with Crippen LogP contribution in [0.2, 0.25) is 0 Å². The van der Waals surface area contributed by atoms with Crippen molar-refractivity contribution >= 4 is 37.9 Å². The summed E-state index contributed by atoms with van der Waals surface area (Å²) >= 11 is 3.53. The van der Waals surface area contributed by atoms with Crippen molar-refractivity contribution in [2.75, 3.05) is 0 Å². The number of aliphatic hydroxyl groups is 1. The van der Waals surface area contributed by atoms with Crippen LogP contribution in [-0.4, -0.2) is 5.11 Å². The lowest BCUT2D eigenvalue weighted by atomic mass is 9.89. The van der Waals surface area contributed by atoms with Gasteiger partial charge < -0.3 is 9.52 Å². The Hall–Kier alpha value is -2.10. The first-order chi connectivity index (χ1) is 11.4. The summed E-state index contributed by atoms with van der Waals surface area (Å²) in [4.78, 5) is 0. The van der Waals surface area contributed by atoms with Gasteiger partial charge in [-0.2, -0.15) is 0 Å². The van der Waals surface area contributed by atoms with Crippen molar-refractivity contribution in [3.63, 3.8) is 0 Å². The number of halogens is 1. The summed E-state index contributed by atoms with van der Waals surface area (Å²) in [6.45, 7) is 3.63. The Kier molecular flexibility index (Phi) is 3.52. The van der Waals surface area contributed by atoms with Gasteiger partial charge in [-0.25, -0.2) is 0 Å². The third-order valence-corrected chi connectivity index (χ3v) is 4.82. The standard InChI is InChI=1S/C21H17BrO2/c1-21(2,23)18-6-4-3-5-15(18)13-7-9-19-16(11-13)17-12-14(22)8-10-20(17)24-19/h3-12,23H,1-2H3. The Morgan fingerprint density at radius 3 is 2.29 bits per heavy atom. The molecular weight excluding hydrogens is 364 g/mol. The maximum atomic E-state index is 10.5. The summed E-state index contributed by atoms with van der Waals surface area (Å²) in [5, 5.41) is 12.7. The van der Waals surface area contributed by atoms with E-state index in [1.165, 1.54) is 0 Å². The van der Waals surface area contributed by atoms with Crippen molar-refractivity contribution in [2.45, 2.75) is 19.4 Å². The first-order valence-electron chi connectivity index (χ1n) is 7.87. The van der Waals surface area contributed by atoms with Gasteiger partial charge in [0.2, 0.25) is 0 Å². The van der Waals surface area contributed by atoms with Crippen molar-refractivity contribution in [1.82, 2.24) is 0 Å². The molecule has 0 atom stereocenters. The molecule has 2 nitrogen and oxygen atoms in total. The van der Waals surface area contributed by atoms with Crippen LogP contribution in [0.15, 0.2) is 69.6 Å². The molecule has 0 radical (unpaired) electrons. The summed E-state index contributed by atoms with van der Waals surface area (Å²) in [7, 11) is 0. The second-order valence-corrected chi connectivity index (χ2v) is 7.47. The zero-order valence-electron chi connectivity index (χ0n) is 13.5. The van der Waals surface area contributed by atoms with Gasteiger partial charge >= 0.3 is 0 Å². The van der Waals surface area contributed by atoms with E-state index in [0.717, 1.165) is 43.1 Å². The van der Waals surface area contributed by atoms with Crippen LogP contribution in [0.1, 0.15) is 19.4 Å². The molecule has 4 aromatic rings. The van der Waals surface area contributed by atoms with Crippen LogP contribution in [0.5, 0.6) is 0 Å². The quantitative estimate of drug-likeness (QED) is 0.446. The van der Waals surface area contributed by atoms with Crippen LogP contribution in [0, 0.1) is 0 Å². The van der Waals surface area contributed by atoms with Crippen LogP contribution in [0.25, 0.3) is 33.1 Å². The lowest BCUT2D eigenvalue weighted by molar-refractivity contribution is 0.0792. The fraction of sp³-hybridized carbons (Fsp3) is 0.143. The lowest BCUT2D eigenvalue weighted by Gasteiger charge is -2.21. The van der Waals surface area contributed by atoms with Gasteiger partial charge in [-0.15, -0.1) is 0 Å². The maximum Gasteiger partial charge on any atom is 0.135 e. The Bertz CT molecular complexity index is 1050. The molecule has 0 saturated carbocycles. The normalized spacial score (nSPS) is 12.2. The minimum absolute atomic E-state index is 0.868. The van der Waals surface area contributed by atoms with Crippen molar-refractivity contribution in [1.29, 1.82) is 0 Å². The number of fused-ring (bicyclic) bond motifs is 3. The molecule has 1 heterocycles. The minimum Gasteiger partial charge on any atom is -0.456 e. The average Bonchev–Trinajstić information content (AvgIpc) is 2.91. The maximum absolute atomic E-state index is 10.5. The van der Waals surface area contributed by atoms with E-state index < -0.39 is 5.60 Å². The van der Waals surface area contributed by atoms with Crippen molar-refractivity contribution in [2.24, 2.45) is 0 Å². The van der Waals surface area contributed by atoms with Gasteiger partial charge in [0.15, 0.2) is 0 Å². The molecule has 0 bridgehead atoms. The van der Waals surface area contributed by atoms with E-state index >= 15 is 0 Å². The van der Waals surface area contributed by atoms with E-state index in [4.69, 9.17) is 4.42 Å². The predicted octanol–water partition coefficient (Wildman–Crippen LogP) is 6.24. The fourth-order valence-electron chi connectivity index (χ4n) is 3.19. The summed E-state index contributed by atoms with van der Waals surface area (Å²) in [5.74, 6) is 0. The summed E-state index contributed by atoms with van der Waals surface area (Å²) in [6, 6.07) is 20.2. The zero-order chi connectivity index (χ0) is 16.9. The molecule has 0 amide bonds. The molecule has 0 spiro atoms. The van der Waals surface area contributed by atoms with Gasteiger partial charge in [0.1, 0.15) is 11.2 Å². The monoisotopic (exact) mass is 380 g/mol. The fourth-order valence-corrected chi connectivity index (χ4v) is 3.55. The lowest BCUT2D eigenvalue weighted by Crippen LogP contribution is -2.16. The van der Waals surface area contributed by atoms with E-state index in [-0.39, 0.29) is 0 Å². The molecule has 3 aromatic carbocycles. The van der Waals surface area contributed by atoms with Crippen LogP contribution in [-0.2, 0) is 5.60 Å². The zero-order valence-corrected chi connectivity index (χ0v) is 15.1.